The number of fused-ring (bicyclic) bond motifs is 1. The fraction of sp³-hybridized carbons (Fsp3) is 0.273. The summed E-state index contributed by atoms with van der Waals surface area (Å²) >= 11 is 7.00. The second-order valence-corrected chi connectivity index (χ2v) is 9.19. The number of ether oxygens (including phenoxy) is 1. The van der Waals surface area contributed by atoms with Crippen molar-refractivity contribution in [1.82, 2.24) is 9.97 Å². The highest BCUT2D eigenvalue weighted by atomic mass is 35.5. The van der Waals surface area contributed by atoms with Gasteiger partial charge in [0.15, 0.2) is 5.13 Å². The van der Waals surface area contributed by atoms with Gasteiger partial charge in [-0.2, -0.15) is 0 Å². The molecule has 0 spiro atoms. The molecule has 3 heterocycles. The van der Waals surface area contributed by atoms with E-state index in [1.54, 1.807) is 19.2 Å². The van der Waals surface area contributed by atoms with Crippen LogP contribution in [0.5, 0.6) is 5.75 Å². The highest BCUT2D eigenvalue weighted by molar-refractivity contribution is 7.14. The molecule has 13 heteroatoms. The van der Waals surface area contributed by atoms with E-state index in [2.05, 4.69) is 20.0 Å². The lowest BCUT2D eigenvalue weighted by Crippen LogP contribution is -3.13. The molecule has 1 aliphatic heterocycles. The molecule has 2 N–H and O–H groups in total. The van der Waals surface area contributed by atoms with E-state index in [1.165, 1.54) is 24.5 Å². The lowest BCUT2D eigenvalue weighted by molar-refractivity contribution is -0.895. The molecule has 1 aliphatic rings. The van der Waals surface area contributed by atoms with Crippen molar-refractivity contribution in [1.29, 1.82) is 0 Å². The van der Waals surface area contributed by atoms with Crippen LogP contribution in [-0.4, -0.2) is 34.1 Å². The zero-order chi connectivity index (χ0) is 25.5. The summed E-state index contributed by atoms with van der Waals surface area (Å²) in [5.74, 6) is -1.32. The lowest BCUT2D eigenvalue weighted by Gasteiger charge is -2.39. The number of benzene rings is 1. The number of alkyl halides is 3. The van der Waals surface area contributed by atoms with Crippen molar-refractivity contribution < 1.29 is 32.6 Å². The maximum atomic E-state index is 12.7. The first-order valence-corrected chi connectivity index (χ1v) is 11.6. The molecule has 35 heavy (non-hydrogen) atoms. The third kappa shape index (κ3) is 5.30. The maximum Gasteiger partial charge on any atom is 0.573 e. The van der Waals surface area contributed by atoms with Gasteiger partial charge in [-0.05, 0) is 37.6 Å². The van der Waals surface area contributed by atoms with Gasteiger partial charge in [-0.1, -0.05) is 11.6 Å². The maximum absolute atomic E-state index is 12.7. The molecule has 1 amide bonds. The number of anilines is 1. The van der Waals surface area contributed by atoms with Gasteiger partial charge in [-0.15, -0.1) is 24.5 Å². The Balaban J connectivity index is 1.49. The Bertz CT molecular complexity index is 1300. The molecule has 3 aromatic rings. The van der Waals surface area contributed by atoms with Crippen LogP contribution in [0.2, 0.25) is 5.02 Å². The van der Waals surface area contributed by atoms with E-state index < -0.39 is 30.1 Å². The predicted octanol–water partition coefficient (Wildman–Crippen LogP) is 3.97. The smallest absolute Gasteiger partial charge is 0.573 e. The van der Waals surface area contributed by atoms with Gasteiger partial charge in [0.25, 0.3) is 0 Å². The monoisotopic (exact) mass is 526 g/mol. The molecule has 0 saturated carbocycles. The quantitative estimate of drug-likeness (QED) is 0.487. The number of amides is 1. The Morgan fingerprint density at radius 1 is 1.29 bits per heavy atom. The van der Waals surface area contributed by atoms with E-state index in [4.69, 9.17) is 11.6 Å². The molecule has 1 aromatic carbocycles. The number of hydrogen-bond acceptors (Lipinski definition) is 7. The second kappa shape index (κ2) is 9.53. The number of Topliss-reactive ketones (excluding diaryl/α,β-unsaturated/α-hetero) is 1. The van der Waals surface area contributed by atoms with E-state index in [0.717, 1.165) is 17.4 Å². The molecule has 3 atom stereocenters. The largest absolute Gasteiger partial charge is 0.633 e. The summed E-state index contributed by atoms with van der Waals surface area (Å²) in [6.45, 7) is 3.26. The summed E-state index contributed by atoms with van der Waals surface area (Å²) in [7, 11) is 0. The molecule has 184 valence electrons. The summed E-state index contributed by atoms with van der Waals surface area (Å²) in [6, 6.07) is 2.45. The number of hydrogen-bond donors (Lipinski definition) is 2. The van der Waals surface area contributed by atoms with E-state index >= 15 is 0 Å². The molecule has 4 rings (SSSR count). The van der Waals surface area contributed by atoms with Crippen LogP contribution in [0, 0.1) is 5.21 Å². The van der Waals surface area contributed by atoms with Crippen LogP contribution in [0.1, 0.15) is 41.4 Å². The number of aromatic nitrogens is 2. The lowest BCUT2D eigenvalue weighted by atomic mass is 9.87. The minimum atomic E-state index is -4.87. The Hall–Kier alpha value is -3.06. The number of ketones is 1. The van der Waals surface area contributed by atoms with Gasteiger partial charge >= 0.3 is 6.36 Å². The van der Waals surface area contributed by atoms with Crippen molar-refractivity contribution in [2.24, 2.45) is 0 Å². The van der Waals surface area contributed by atoms with Gasteiger partial charge in [-0.3, -0.25) is 14.6 Å². The number of rotatable bonds is 5. The Morgan fingerprint density at radius 3 is 2.71 bits per heavy atom. The number of thiazole rings is 1. The van der Waals surface area contributed by atoms with Crippen molar-refractivity contribution in [3.05, 3.63) is 62.9 Å². The molecular weight excluding hydrogens is 509 g/mol. The molecule has 0 aliphatic carbocycles. The standard InChI is InChI=1S/C22H18ClF3N4O4S/c1-10-14-8-27-7-13(19(14)20(32)11(2)30(10)33)6-18(31)29-21-28-16(9-35-21)12-3-4-17(15(23)5-12)34-22(24,25)26/h3-5,7-11,30H,6H2,1-2H3,(H,28,29,31). The number of nitrogens with zero attached hydrogens (tertiary/aromatic N) is 2. The minimum absolute atomic E-state index is 0.153. The van der Waals surface area contributed by atoms with Crippen LogP contribution in [0.15, 0.2) is 36.0 Å². The average Bonchev–Trinajstić information content (AvgIpc) is 3.24. The van der Waals surface area contributed by atoms with Gasteiger partial charge in [-0.25, -0.2) is 4.98 Å². The number of carbonyl (C=O) groups excluding carboxylic acids is 2. The zero-order valence-electron chi connectivity index (χ0n) is 18.3. The number of nitrogens with one attached hydrogen (secondary N) is 2. The SMILES string of the molecule is CC1C(=O)c2c(CC(=O)Nc3nc(-c4ccc(OC(F)(F)F)c(Cl)c4)cs3)cncc2C(C)[NH+]1[O-]. The topological polar surface area (TPSA) is 109 Å². The first-order valence-electron chi connectivity index (χ1n) is 10.3. The third-order valence-electron chi connectivity index (χ3n) is 5.57. The molecule has 8 nitrogen and oxygen atoms in total. The number of hydroxylamine groups is 2. The first-order chi connectivity index (χ1) is 16.4. The number of halogens is 4. The van der Waals surface area contributed by atoms with E-state index in [0.29, 0.717) is 27.9 Å². The molecule has 2 aromatic heterocycles. The number of carbonyl (C=O) groups is 2. The highest BCUT2D eigenvalue weighted by Gasteiger charge is 2.37. The Kier molecular flexibility index (Phi) is 6.82. The van der Waals surface area contributed by atoms with E-state index in [9.17, 15) is 28.0 Å². The summed E-state index contributed by atoms with van der Waals surface area (Å²) in [6.07, 6.45) is -2.11. The molecular formula is C22H18ClF3N4O4S. The normalized spacial score (nSPS) is 19.9. The number of pyridine rings is 1. The van der Waals surface area contributed by atoms with Gasteiger partial charge < -0.3 is 20.3 Å². The van der Waals surface area contributed by atoms with Crippen LogP contribution in [0.4, 0.5) is 18.3 Å². The zero-order valence-corrected chi connectivity index (χ0v) is 19.8. The van der Waals surface area contributed by atoms with Crippen molar-refractivity contribution in [3.8, 4) is 17.0 Å². The summed E-state index contributed by atoms with van der Waals surface area (Å²) in [5.41, 5.74) is 2.10. The average molecular weight is 527 g/mol. The predicted molar refractivity (Wildman–Crippen MR) is 122 cm³/mol. The highest BCUT2D eigenvalue weighted by Crippen LogP contribution is 2.34. The van der Waals surface area contributed by atoms with Gasteiger partial charge in [0, 0.05) is 34.5 Å². The van der Waals surface area contributed by atoms with Crippen molar-refractivity contribution in [2.75, 3.05) is 5.32 Å². The van der Waals surface area contributed by atoms with Crippen molar-refractivity contribution in [2.45, 2.75) is 38.7 Å². The summed E-state index contributed by atoms with van der Waals surface area (Å²) in [5, 5.41) is 16.4. The molecule has 0 saturated heterocycles. The van der Waals surface area contributed by atoms with Crippen molar-refractivity contribution in [3.63, 3.8) is 0 Å². The Labute approximate surface area is 206 Å². The molecule has 0 radical (unpaired) electrons. The van der Waals surface area contributed by atoms with Gasteiger partial charge in [0.1, 0.15) is 17.8 Å². The fourth-order valence-electron chi connectivity index (χ4n) is 3.83. The van der Waals surface area contributed by atoms with E-state index in [1.807, 2.05) is 0 Å². The molecule has 3 unspecified atom stereocenters. The van der Waals surface area contributed by atoms with Crippen LogP contribution < -0.4 is 15.1 Å². The van der Waals surface area contributed by atoms with Crippen LogP contribution in [0.25, 0.3) is 11.3 Å². The van der Waals surface area contributed by atoms with Gasteiger partial charge in [0.2, 0.25) is 11.7 Å². The Morgan fingerprint density at radius 2 is 2.03 bits per heavy atom. The van der Waals surface area contributed by atoms with E-state index in [-0.39, 0.29) is 27.4 Å². The van der Waals surface area contributed by atoms with Gasteiger partial charge in [0.05, 0.1) is 17.1 Å². The minimum Gasteiger partial charge on any atom is -0.633 e. The first kappa shape index (κ1) is 25.0. The molecule has 0 bridgehead atoms. The van der Waals surface area contributed by atoms with Crippen molar-refractivity contribution >= 4 is 39.8 Å². The van der Waals surface area contributed by atoms with Crippen LogP contribution >= 0.6 is 22.9 Å². The summed E-state index contributed by atoms with van der Waals surface area (Å²) in [4.78, 5) is 33.8. The third-order valence-corrected chi connectivity index (χ3v) is 6.62. The number of quaternary nitrogens is 1. The fourth-order valence-corrected chi connectivity index (χ4v) is 4.78. The molecule has 0 fully saturated rings. The van der Waals surface area contributed by atoms with Crippen LogP contribution in [0.3, 0.4) is 0 Å². The second-order valence-electron chi connectivity index (χ2n) is 7.93. The summed E-state index contributed by atoms with van der Waals surface area (Å²) < 4.78 is 41.1. The van der Waals surface area contributed by atoms with Crippen LogP contribution in [-0.2, 0) is 11.2 Å².